The number of nitrogens with zero attached hydrogens (tertiary/aromatic N) is 3. The van der Waals surface area contributed by atoms with Crippen molar-refractivity contribution < 1.29 is 38.9 Å². The van der Waals surface area contributed by atoms with Crippen molar-refractivity contribution in [1.29, 1.82) is 0 Å². The lowest BCUT2D eigenvalue weighted by molar-refractivity contribution is -0.179. The van der Waals surface area contributed by atoms with Gasteiger partial charge in [0.2, 0.25) is 11.8 Å². The second kappa shape index (κ2) is 20.0. The molecule has 0 saturated carbocycles. The predicted octanol–water partition coefficient (Wildman–Crippen LogP) is 7.72. The highest BCUT2D eigenvalue weighted by Gasteiger charge is 2.76. The van der Waals surface area contributed by atoms with Gasteiger partial charge in [-0.1, -0.05) is 134 Å². The maximum absolute atomic E-state index is 16.7. The number of fused-ring (bicyclic) bond motifs is 3. The number of carbonyl (C=O) groups is 4. The summed E-state index contributed by atoms with van der Waals surface area (Å²) in [6, 6.07) is 36.7. The Morgan fingerprint density at radius 2 is 1.43 bits per heavy atom. The molecule has 0 aromatic heterocycles. The summed E-state index contributed by atoms with van der Waals surface area (Å²) in [6.07, 6.45) is 3.73. The number of likely N-dealkylation sites (tertiary alicyclic amines) is 1. The van der Waals surface area contributed by atoms with E-state index in [4.69, 9.17) is 9.47 Å². The molecule has 12 heteroatoms. The van der Waals surface area contributed by atoms with Gasteiger partial charge in [-0.2, -0.15) is 0 Å². The third-order valence-corrected chi connectivity index (χ3v) is 13.7. The lowest BCUT2D eigenvalue weighted by atomic mass is 9.64. The summed E-state index contributed by atoms with van der Waals surface area (Å²) in [5.74, 6) is 3.49. The second-order valence-electron chi connectivity index (χ2n) is 17.7. The molecule has 3 saturated heterocycles. The van der Waals surface area contributed by atoms with Crippen LogP contribution in [0, 0.1) is 17.8 Å². The molecule has 7 unspecified atom stereocenters. The maximum Gasteiger partial charge on any atom is 0.329 e. The molecule has 4 heterocycles. The Bertz CT molecular complexity index is 2640. The van der Waals surface area contributed by atoms with E-state index in [0.717, 1.165) is 53.7 Å². The summed E-state index contributed by atoms with van der Waals surface area (Å²) in [7, 11) is 0. The summed E-state index contributed by atoms with van der Waals surface area (Å²) in [6.45, 7) is 2.32. The normalized spacial score (nSPS) is 24.1. The third-order valence-electron chi connectivity index (χ3n) is 13.7. The van der Waals surface area contributed by atoms with Crippen molar-refractivity contribution in [3.8, 4) is 17.6 Å². The van der Waals surface area contributed by atoms with Crippen molar-refractivity contribution in [2.45, 2.75) is 81.1 Å². The molecule has 3 fully saturated rings. The molecular formula is C55H56N4O8. The van der Waals surface area contributed by atoms with Crippen LogP contribution in [0.5, 0.6) is 5.75 Å². The molecule has 3 N–H and O–H groups in total. The van der Waals surface area contributed by atoms with Gasteiger partial charge in [-0.25, -0.2) is 9.69 Å². The van der Waals surface area contributed by atoms with Crippen LogP contribution in [0.25, 0.3) is 0 Å². The Morgan fingerprint density at radius 3 is 2.12 bits per heavy atom. The summed E-state index contributed by atoms with van der Waals surface area (Å²) in [5.41, 5.74) is 2.10. The first kappa shape index (κ1) is 45.4. The molecule has 7 atom stereocenters. The van der Waals surface area contributed by atoms with Gasteiger partial charge in [-0.05, 0) is 77.9 Å². The molecule has 67 heavy (non-hydrogen) atoms. The number of amides is 4. The number of ether oxygens (including phenoxy) is 2. The molecule has 5 aromatic carbocycles. The zero-order valence-corrected chi connectivity index (χ0v) is 37.6. The first-order valence-electron chi connectivity index (χ1n) is 23.4. The number of nitrogens with one attached hydrogen (secondary N) is 1. The van der Waals surface area contributed by atoms with Gasteiger partial charge in [0.05, 0.1) is 42.9 Å². The number of esters is 1. The SMILES string of the molecule is CC(NC(=O)N1C(=O)C2(c3cc(C#CCCO)ccc31)C(C(=O)N1CCCCCCC1)C1C(=O)OC(c3ccccc3)C(c3ccccc3)N1C2c1cccc(OCCO)c1)c1ccccc1. The van der Waals surface area contributed by atoms with Gasteiger partial charge in [0.15, 0.2) is 0 Å². The molecule has 4 aliphatic heterocycles. The van der Waals surface area contributed by atoms with Crippen LogP contribution in [0.4, 0.5) is 10.5 Å². The monoisotopic (exact) mass is 900 g/mol. The average Bonchev–Trinajstić information content (AvgIpc) is 3.80. The van der Waals surface area contributed by atoms with Crippen LogP contribution in [0.2, 0.25) is 0 Å². The van der Waals surface area contributed by atoms with E-state index >= 15 is 19.2 Å². The van der Waals surface area contributed by atoms with Gasteiger partial charge in [-0.15, -0.1) is 0 Å². The van der Waals surface area contributed by atoms with Gasteiger partial charge in [0.25, 0.3) is 0 Å². The Morgan fingerprint density at radius 1 is 0.776 bits per heavy atom. The molecule has 0 aliphatic carbocycles. The minimum absolute atomic E-state index is 0.00189. The van der Waals surface area contributed by atoms with Crippen molar-refractivity contribution in [3.63, 3.8) is 0 Å². The second-order valence-corrected chi connectivity index (χ2v) is 17.7. The lowest BCUT2D eigenvalue weighted by Crippen LogP contribution is -2.57. The summed E-state index contributed by atoms with van der Waals surface area (Å²) < 4.78 is 12.7. The van der Waals surface area contributed by atoms with E-state index in [0.29, 0.717) is 35.5 Å². The zero-order valence-electron chi connectivity index (χ0n) is 37.6. The van der Waals surface area contributed by atoms with Crippen LogP contribution in [-0.4, -0.2) is 82.8 Å². The molecule has 12 nitrogen and oxygen atoms in total. The fourth-order valence-corrected chi connectivity index (χ4v) is 10.9. The average molecular weight is 901 g/mol. The van der Waals surface area contributed by atoms with Crippen LogP contribution >= 0.6 is 0 Å². The number of urea groups is 1. The number of cyclic esters (lactones) is 1. The third kappa shape index (κ3) is 8.48. The number of hydrogen-bond donors (Lipinski definition) is 3. The molecular weight excluding hydrogens is 845 g/mol. The summed E-state index contributed by atoms with van der Waals surface area (Å²) in [4.78, 5) is 68.5. The topological polar surface area (TPSA) is 149 Å². The molecule has 0 radical (unpaired) electrons. The van der Waals surface area contributed by atoms with Crippen molar-refractivity contribution >= 4 is 29.5 Å². The number of benzene rings is 5. The Kier molecular flexibility index (Phi) is 13.5. The number of rotatable bonds is 10. The minimum atomic E-state index is -1.95. The number of carbonyl (C=O) groups excluding carboxylic acids is 4. The Labute approximate surface area is 391 Å². The quantitative estimate of drug-likeness (QED) is 0.0947. The van der Waals surface area contributed by atoms with E-state index in [-0.39, 0.29) is 37.8 Å². The number of hydrogen-bond acceptors (Lipinski definition) is 9. The highest BCUT2D eigenvalue weighted by Crippen LogP contribution is 2.66. The lowest BCUT2D eigenvalue weighted by Gasteiger charge is -2.46. The van der Waals surface area contributed by atoms with E-state index in [1.165, 1.54) is 0 Å². The molecule has 4 aliphatic rings. The number of aliphatic hydroxyl groups is 2. The van der Waals surface area contributed by atoms with Crippen molar-refractivity contribution in [2.24, 2.45) is 5.92 Å². The fraction of sp³-hybridized carbons (Fsp3) is 0.345. The van der Waals surface area contributed by atoms with Crippen molar-refractivity contribution in [1.82, 2.24) is 15.1 Å². The van der Waals surface area contributed by atoms with E-state index in [9.17, 15) is 10.2 Å². The van der Waals surface area contributed by atoms with Crippen LogP contribution in [0.15, 0.2) is 133 Å². The fourth-order valence-electron chi connectivity index (χ4n) is 10.9. The van der Waals surface area contributed by atoms with Crippen LogP contribution in [0.1, 0.15) is 103 Å². The molecule has 9 rings (SSSR count). The van der Waals surface area contributed by atoms with E-state index in [1.54, 1.807) is 36.4 Å². The summed E-state index contributed by atoms with van der Waals surface area (Å²) in [5, 5.41) is 22.6. The van der Waals surface area contributed by atoms with Gasteiger partial charge >= 0.3 is 12.0 Å². The van der Waals surface area contributed by atoms with Gasteiger partial charge in [0, 0.05) is 25.1 Å². The van der Waals surface area contributed by atoms with Crippen LogP contribution in [-0.2, 0) is 24.5 Å². The number of morpholine rings is 1. The number of anilines is 1. The Hall–Kier alpha value is -6.78. The van der Waals surface area contributed by atoms with Crippen molar-refractivity contribution in [3.05, 3.63) is 167 Å². The largest absolute Gasteiger partial charge is 0.491 e. The predicted molar refractivity (Wildman–Crippen MR) is 253 cm³/mol. The molecule has 1 spiro atoms. The van der Waals surface area contributed by atoms with Crippen LogP contribution in [0.3, 0.4) is 0 Å². The van der Waals surface area contributed by atoms with Gasteiger partial charge < -0.3 is 29.9 Å². The molecule has 344 valence electrons. The highest BCUT2D eigenvalue weighted by atomic mass is 16.6. The Balaban J connectivity index is 1.35. The highest BCUT2D eigenvalue weighted by molar-refractivity contribution is 6.24. The molecule has 4 amide bonds. The van der Waals surface area contributed by atoms with E-state index in [2.05, 4.69) is 17.2 Å². The number of aliphatic hydroxyl groups excluding tert-OH is 2. The smallest absolute Gasteiger partial charge is 0.329 e. The standard InChI is InChI=1S/C55H56N4O8/c1-37(39-20-8-5-9-21-39)56-54(65)58-45-29-28-38(19-14-17-32-60)35-44(45)55(53(58)64)46(51(62)57-30-15-3-2-4-16-31-57)48-52(63)67-49(41-24-12-7-13-25-41)47(40-22-10-6-11-23-40)59(48)50(55)42-26-18-27-43(36-42)66-34-33-61/h5-13,18,20-29,35-37,46-50,60-61H,2-4,15-17,30-34H2,1H3,(H,56,65). The first-order chi connectivity index (χ1) is 32.8. The van der Waals surface area contributed by atoms with Gasteiger partial charge in [-0.3, -0.25) is 19.3 Å². The molecule has 0 bridgehead atoms. The van der Waals surface area contributed by atoms with E-state index < -0.39 is 59.5 Å². The number of imide groups is 1. The molecule has 5 aromatic rings. The first-order valence-corrected chi connectivity index (χ1v) is 23.4. The van der Waals surface area contributed by atoms with Crippen molar-refractivity contribution in [2.75, 3.05) is 37.8 Å². The minimum Gasteiger partial charge on any atom is -0.491 e. The summed E-state index contributed by atoms with van der Waals surface area (Å²) >= 11 is 0. The van der Waals surface area contributed by atoms with Gasteiger partial charge in [0.1, 0.15) is 29.9 Å². The maximum atomic E-state index is 16.7. The zero-order chi connectivity index (χ0) is 46.5. The van der Waals surface area contributed by atoms with Crippen LogP contribution < -0.4 is 15.0 Å². The van der Waals surface area contributed by atoms with E-state index in [1.807, 2.05) is 114 Å².